The average molecular weight is 398 g/mol. The van der Waals surface area contributed by atoms with Gasteiger partial charge in [0.2, 0.25) is 0 Å². The third-order valence-electron chi connectivity index (χ3n) is 12.1. The summed E-state index contributed by atoms with van der Waals surface area (Å²) in [7, 11) is 0. The Morgan fingerprint density at radius 2 is 1.72 bits per heavy atom. The second-order valence-electron chi connectivity index (χ2n) is 13.1. The van der Waals surface area contributed by atoms with E-state index in [1.54, 1.807) is 0 Å². The van der Waals surface area contributed by atoms with Gasteiger partial charge >= 0.3 is 0 Å². The minimum atomic E-state index is 0.462. The van der Waals surface area contributed by atoms with Gasteiger partial charge in [-0.2, -0.15) is 0 Å². The van der Waals surface area contributed by atoms with Crippen molar-refractivity contribution < 1.29 is 4.79 Å². The zero-order chi connectivity index (χ0) is 20.1. The summed E-state index contributed by atoms with van der Waals surface area (Å²) in [5.41, 5.74) is 1.04. The second kappa shape index (κ2) is 6.33. The Balaban J connectivity index is 1.31. The van der Waals surface area contributed by atoms with E-state index < -0.39 is 0 Å². The van der Waals surface area contributed by atoms with Crippen molar-refractivity contribution >= 4 is 5.78 Å². The van der Waals surface area contributed by atoms with Crippen LogP contribution in [0.5, 0.6) is 0 Å². The van der Waals surface area contributed by atoms with Crippen LogP contribution in [-0.4, -0.2) is 29.3 Å². The maximum Gasteiger partial charge on any atom is 0.133 e. The van der Waals surface area contributed by atoms with Gasteiger partial charge in [-0.25, -0.2) is 0 Å². The molecule has 0 spiro atoms. The Morgan fingerprint density at radius 1 is 0.897 bits per heavy atom. The lowest BCUT2D eigenvalue weighted by Crippen LogP contribution is -2.54. The predicted molar refractivity (Wildman–Crippen MR) is 117 cm³/mol. The molecule has 0 aromatic heterocycles. The van der Waals surface area contributed by atoms with E-state index in [2.05, 4.69) is 32.6 Å². The van der Waals surface area contributed by atoms with Crippen LogP contribution in [0.3, 0.4) is 0 Å². The first-order valence-electron chi connectivity index (χ1n) is 13.1. The smallest absolute Gasteiger partial charge is 0.133 e. The van der Waals surface area contributed by atoms with E-state index in [9.17, 15) is 4.79 Å². The van der Waals surface area contributed by atoms with E-state index in [0.29, 0.717) is 22.5 Å². The molecule has 162 valence electrons. The standard InChI is InChI=1S/C27H43NO/c1-16-5-8-23-17(2)25-24(28(23)15-16)14-22-20-7-6-18-13-19(29)9-11-26(18,3)21(20)10-12-27(22,25)4/h16-18,20-25H,5-15H2,1-4H3/t16-,17+,18?,20+,21-,22-,23+,24-,25-,26-,27-/m0/s1. The average Bonchev–Trinajstić information content (AvgIpc) is 3.15. The van der Waals surface area contributed by atoms with Gasteiger partial charge in [0.1, 0.15) is 5.78 Å². The molecule has 2 saturated heterocycles. The van der Waals surface area contributed by atoms with Crippen molar-refractivity contribution in [2.24, 2.45) is 52.3 Å². The molecule has 2 aliphatic heterocycles. The fourth-order valence-corrected chi connectivity index (χ4v) is 10.8. The Kier molecular flexibility index (Phi) is 4.22. The summed E-state index contributed by atoms with van der Waals surface area (Å²) in [6, 6.07) is 1.76. The van der Waals surface area contributed by atoms with Crippen LogP contribution in [-0.2, 0) is 4.79 Å². The van der Waals surface area contributed by atoms with E-state index in [-0.39, 0.29) is 0 Å². The molecule has 2 heterocycles. The lowest BCUT2D eigenvalue weighted by Gasteiger charge is -2.60. The minimum absolute atomic E-state index is 0.462. The molecule has 4 aliphatic carbocycles. The van der Waals surface area contributed by atoms with Gasteiger partial charge in [-0.15, -0.1) is 0 Å². The summed E-state index contributed by atoms with van der Waals surface area (Å²) in [6.07, 6.45) is 13.0. The lowest BCUT2D eigenvalue weighted by molar-refractivity contribution is -0.140. The van der Waals surface area contributed by atoms with Gasteiger partial charge < -0.3 is 0 Å². The van der Waals surface area contributed by atoms with Gasteiger partial charge in [0.15, 0.2) is 0 Å². The van der Waals surface area contributed by atoms with E-state index in [1.807, 2.05) is 0 Å². The van der Waals surface area contributed by atoms with Gasteiger partial charge in [-0.05, 0) is 104 Å². The van der Waals surface area contributed by atoms with Crippen molar-refractivity contribution in [3.63, 3.8) is 0 Å². The lowest BCUT2D eigenvalue weighted by atomic mass is 9.44. The molecule has 6 fully saturated rings. The SMILES string of the molecule is C[C@H]1CC[C@@H]2[C@@H](C)[C@H]3[C@H](C[C@H]4[C@@H]5CCC6CC(=O)CC[C@]6(C)[C@H]5CC[C@]34C)N2C1. The first-order valence-corrected chi connectivity index (χ1v) is 13.1. The van der Waals surface area contributed by atoms with Crippen molar-refractivity contribution in [3.05, 3.63) is 0 Å². The zero-order valence-corrected chi connectivity index (χ0v) is 19.3. The Morgan fingerprint density at radius 3 is 2.55 bits per heavy atom. The van der Waals surface area contributed by atoms with Crippen LogP contribution in [0.2, 0.25) is 0 Å². The van der Waals surface area contributed by atoms with Crippen LogP contribution < -0.4 is 0 Å². The monoisotopic (exact) mass is 397 g/mol. The van der Waals surface area contributed by atoms with Gasteiger partial charge in [0.05, 0.1) is 0 Å². The van der Waals surface area contributed by atoms with E-state index in [0.717, 1.165) is 60.4 Å². The highest BCUT2D eigenvalue weighted by Gasteiger charge is 2.66. The number of hydrogen-bond acceptors (Lipinski definition) is 2. The van der Waals surface area contributed by atoms with Crippen LogP contribution in [0.4, 0.5) is 0 Å². The fourth-order valence-electron chi connectivity index (χ4n) is 10.8. The van der Waals surface area contributed by atoms with Crippen molar-refractivity contribution in [2.75, 3.05) is 6.54 Å². The second-order valence-corrected chi connectivity index (χ2v) is 13.1. The zero-order valence-electron chi connectivity index (χ0n) is 19.3. The number of fused-ring (bicyclic) bond motifs is 9. The number of nitrogens with zero attached hydrogens (tertiary/aromatic N) is 1. The van der Waals surface area contributed by atoms with E-state index >= 15 is 0 Å². The van der Waals surface area contributed by atoms with Gasteiger partial charge in [0.25, 0.3) is 0 Å². The van der Waals surface area contributed by atoms with Crippen LogP contribution in [0.25, 0.3) is 0 Å². The molecule has 6 rings (SSSR count). The van der Waals surface area contributed by atoms with Crippen LogP contribution >= 0.6 is 0 Å². The maximum atomic E-state index is 12.2. The number of hydrogen-bond donors (Lipinski definition) is 0. The predicted octanol–water partition coefficient (Wildman–Crippen LogP) is 5.94. The Hall–Kier alpha value is -0.370. The maximum absolute atomic E-state index is 12.2. The molecule has 4 saturated carbocycles. The molecule has 0 bridgehead atoms. The van der Waals surface area contributed by atoms with Gasteiger partial charge in [-0.1, -0.05) is 27.7 Å². The molecule has 0 N–H and O–H groups in total. The molecule has 2 nitrogen and oxygen atoms in total. The number of Topliss-reactive ketones (excluding diaryl/α,β-unsaturated/α-hetero) is 1. The largest absolute Gasteiger partial charge is 0.300 e. The normalized spacial score (nSPS) is 59.4. The molecule has 0 amide bonds. The van der Waals surface area contributed by atoms with E-state index in [4.69, 9.17) is 0 Å². The number of piperidine rings is 1. The molecule has 0 aromatic rings. The summed E-state index contributed by atoms with van der Waals surface area (Å²) in [6.45, 7) is 11.8. The third-order valence-corrected chi connectivity index (χ3v) is 12.1. The number of ketones is 1. The summed E-state index contributed by atoms with van der Waals surface area (Å²) >= 11 is 0. The third kappa shape index (κ3) is 2.48. The van der Waals surface area contributed by atoms with Crippen molar-refractivity contribution in [1.29, 1.82) is 0 Å². The topological polar surface area (TPSA) is 20.3 Å². The number of rotatable bonds is 0. The summed E-state index contributed by atoms with van der Waals surface area (Å²) < 4.78 is 0. The quantitative estimate of drug-likeness (QED) is 0.504. The van der Waals surface area contributed by atoms with Crippen molar-refractivity contribution in [3.8, 4) is 0 Å². The van der Waals surface area contributed by atoms with E-state index in [1.165, 1.54) is 57.9 Å². The summed E-state index contributed by atoms with van der Waals surface area (Å²) in [5, 5.41) is 0. The molecule has 2 heteroatoms. The molecular formula is C27H43NO. The molecule has 6 aliphatic rings. The highest BCUT2D eigenvalue weighted by Crippen LogP contribution is 2.70. The molecule has 0 radical (unpaired) electrons. The summed E-state index contributed by atoms with van der Waals surface area (Å²) in [5.74, 6) is 6.80. The highest BCUT2D eigenvalue weighted by atomic mass is 16.1. The van der Waals surface area contributed by atoms with Crippen LogP contribution in [0, 0.1) is 52.3 Å². The number of carbonyl (C=O) groups excluding carboxylic acids is 1. The Bertz CT molecular complexity index is 703. The highest BCUT2D eigenvalue weighted by molar-refractivity contribution is 5.79. The van der Waals surface area contributed by atoms with Gasteiger partial charge in [0, 0.05) is 31.5 Å². The van der Waals surface area contributed by atoms with Crippen LogP contribution in [0.1, 0.15) is 91.9 Å². The first kappa shape index (κ1) is 19.3. The molecule has 11 atom stereocenters. The molecule has 29 heavy (non-hydrogen) atoms. The summed E-state index contributed by atoms with van der Waals surface area (Å²) in [4.78, 5) is 15.2. The molecule has 0 aromatic carbocycles. The van der Waals surface area contributed by atoms with Crippen LogP contribution in [0.15, 0.2) is 0 Å². The van der Waals surface area contributed by atoms with Gasteiger partial charge in [-0.3, -0.25) is 9.69 Å². The number of carbonyl (C=O) groups is 1. The molecular weight excluding hydrogens is 354 g/mol. The Labute approximate surface area is 178 Å². The first-order chi connectivity index (χ1) is 13.8. The minimum Gasteiger partial charge on any atom is -0.300 e. The molecule has 1 unspecified atom stereocenters. The van der Waals surface area contributed by atoms with Crippen molar-refractivity contribution in [1.82, 2.24) is 4.90 Å². The van der Waals surface area contributed by atoms with Crippen molar-refractivity contribution in [2.45, 2.75) is 104 Å². The fraction of sp³-hybridized carbons (Fsp3) is 0.963.